The minimum atomic E-state index is 0.624. The van der Waals surface area contributed by atoms with Gasteiger partial charge in [0.25, 0.3) is 0 Å². The monoisotopic (exact) mass is 248 g/mol. The number of hydrogen-bond acceptors (Lipinski definition) is 2. The summed E-state index contributed by atoms with van der Waals surface area (Å²) in [5, 5.41) is 0. The first-order valence-electron chi connectivity index (χ1n) is 7.12. The maximum atomic E-state index is 5.64. The second-order valence-corrected chi connectivity index (χ2v) is 5.43. The van der Waals surface area contributed by atoms with Crippen LogP contribution in [0.2, 0.25) is 0 Å². The van der Waals surface area contributed by atoms with Gasteiger partial charge in [0.2, 0.25) is 0 Å². The van der Waals surface area contributed by atoms with Gasteiger partial charge < -0.3 is 10.6 Å². The van der Waals surface area contributed by atoms with Gasteiger partial charge in [-0.15, -0.1) is 0 Å². The highest BCUT2D eigenvalue weighted by atomic mass is 15.1. The SMILES string of the molecule is CCCc1ccc(CN(C)CCC(C)CN)cc1. The summed E-state index contributed by atoms with van der Waals surface area (Å²) in [6.45, 7) is 7.38. The van der Waals surface area contributed by atoms with Crippen LogP contribution in [0.3, 0.4) is 0 Å². The van der Waals surface area contributed by atoms with Crippen molar-refractivity contribution in [3.63, 3.8) is 0 Å². The zero-order valence-electron chi connectivity index (χ0n) is 12.2. The predicted octanol–water partition coefficient (Wildman–Crippen LogP) is 3.06. The molecule has 1 atom stereocenters. The Kier molecular flexibility index (Phi) is 6.99. The molecular weight excluding hydrogens is 220 g/mol. The van der Waals surface area contributed by atoms with E-state index in [2.05, 4.69) is 50.1 Å². The van der Waals surface area contributed by atoms with E-state index in [-0.39, 0.29) is 0 Å². The highest BCUT2D eigenvalue weighted by molar-refractivity contribution is 5.22. The molecule has 1 aromatic carbocycles. The third kappa shape index (κ3) is 5.65. The van der Waals surface area contributed by atoms with Crippen molar-refractivity contribution in [2.24, 2.45) is 11.7 Å². The number of nitrogens with two attached hydrogens (primary N) is 1. The standard InChI is InChI=1S/C16H28N2/c1-4-5-15-6-8-16(9-7-15)13-18(3)11-10-14(2)12-17/h6-9,14H,4-5,10-13,17H2,1-3H3. The lowest BCUT2D eigenvalue weighted by Crippen LogP contribution is -2.23. The summed E-state index contributed by atoms with van der Waals surface area (Å²) in [6, 6.07) is 9.03. The molecule has 18 heavy (non-hydrogen) atoms. The van der Waals surface area contributed by atoms with E-state index in [4.69, 9.17) is 5.73 Å². The molecule has 0 radical (unpaired) electrons. The second-order valence-electron chi connectivity index (χ2n) is 5.43. The van der Waals surface area contributed by atoms with Crippen LogP contribution >= 0.6 is 0 Å². The Morgan fingerprint density at radius 1 is 1.17 bits per heavy atom. The van der Waals surface area contributed by atoms with Crippen molar-refractivity contribution in [2.75, 3.05) is 20.1 Å². The van der Waals surface area contributed by atoms with Gasteiger partial charge in [0.05, 0.1) is 0 Å². The number of hydrogen-bond donors (Lipinski definition) is 1. The molecule has 0 aromatic heterocycles. The molecule has 0 aliphatic carbocycles. The lowest BCUT2D eigenvalue weighted by Gasteiger charge is -2.18. The molecule has 1 aromatic rings. The summed E-state index contributed by atoms with van der Waals surface area (Å²) in [5.74, 6) is 0.624. The van der Waals surface area contributed by atoms with Crippen LogP contribution in [0, 0.1) is 5.92 Å². The molecular formula is C16H28N2. The third-order valence-corrected chi connectivity index (χ3v) is 3.42. The van der Waals surface area contributed by atoms with Gasteiger partial charge in [-0.25, -0.2) is 0 Å². The molecule has 0 saturated carbocycles. The van der Waals surface area contributed by atoms with Gasteiger partial charge in [-0.3, -0.25) is 0 Å². The van der Waals surface area contributed by atoms with Gasteiger partial charge in [0.15, 0.2) is 0 Å². The van der Waals surface area contributed by atoms with Crippen molar-refractivity contribution in [1.29, 1.82) is 0 Å². The van der Waals surface area contributed by atoms with Crippen LogP contribution in [0.25, 0.3) is 0 Å². The van der Waals surface area contributed by atoms with Crippen LogP contribution in [0.5, 0.6) is 0 Å². The second kappa shape index (κ2) is 8.28. The molecule has 0 bridgehead atoms. The fraction of sp³-hybridized carbons (Fsp3) is 0.625. The first-order chi connectivity index (χ1) is 8.65. The molecule has 0 fully saturated rings. The van der Waals surface area contributed by atoms with E-state index in [0.717, 1.165) is 19.6 Å². The Morgan fingerprint density at radius 3 is 2.33 bits per heavy atom. The van der Waals surface area contributed by atoms with Gasteiger partial charge in [-0.2, -0.15) is 0 Å². The summed E-state index contributed by atoms with van der Waals surface area (Å²) in [5.41, 5.74) is 8.48. The Morgan fingerprint density at radius 2 is 1.78 bits per heavy atom. The Bertz CT molecular complexity index is 318. The molecule has 0 heterocycles. The fourth-order valence-corrected chi connectivity index (χ4v) is 2.05. The summed E-state index contributed by atoms with van der Waals surface area (Å²) in [4.78, 5) is 2.38. The number of benzene rings is 1. The van der Waals surface area contributed by atoms with Crippen LogP contribution in [0.1, 0.15) is 37.8 Å². The molecule has 2 heteroatoms. The topological polar surface area (TPSA) is 29.3 Å². The number of nitrogens with zero attached hydrogens (tertiary/aromatic N) is 1. The molecule has 0 aliphatic heterocycles. The highest BCUT2D eigenvalue weighted by Crippen LogP contribution is 2.09. The molecule has 0 aliphatic rings. The molecule has 2 N–H and O–H groups in total. The van der Waals surface area contributed by atoms with Crippen molar-refractivity contribution in [2.45, 2.75) is 39.7 Å². The lowest BCUT2D eigenvalue weighted by molar-refractivity contribution is 0.300. The average molecular weight is 248 g/mol. The van der Waals surface area contributed by atoms with Crippen molar-refractivity contribution >= 4 is 0 Å². The van der Waals surface area contributed by atoms with E-state index in [9.17, 15) is 0 Å². The maximum absolute atomic E-state index is 5.64. The van der Waals surface area contributed by atoms with E-state index in [0.29, 0.717) is 5.92 Å². The van der Waals surface area contributed by atoms with Crippen LogP contribution < -0.4 is 5.73 Å². The van der Waals surface area contributed by atoms with Gasteiger partial charge in [0.1, 0.15) is 0 Å². The Labute approximate surface area is 112 Å². The largest absolute Gasteiger partial charge is 0.330 e. The van der Waals surface area contributed by atoms with Crippen LogP contribution in [0.4, 0.5) is 0 Å². The maximum Gasteiger partial charge on any atom is 0.0230 e. The third-order valence-electron chi connectivity index (χ3n) is 3.42. The normalized spacial score (nSPS) is 12.9. The van der Waals surface area contributed by atoms with Crippen LogP contribution in [-0.4, -0.2) is 25.0 Å². The molecule has 1 rings (SSSR count). The van der Waals surface area contributed by atoms with Crippen LogP contribution in [-0.2, 0) is 13.0 Å². The molecule has 1 unspecified atom stereocenters. The number of aryl methyl sites for hydroxylation is 1. The van der Waals surface area contributed by atoms with Crippen molar-refractivity contribution in [3.05, 3.63) is 35.4 Å². The molecule has 0 amide bonds. The number of rotatable bonds is 8. The first kappa shape index (κ1) is 15.2. The molecule has 0 saturated heterocycles. The highest BCUT2D eigenvalue weighted by Gasteiger charge is 2.04. The van der Waals surface area contributed by atoms with Crippen molar-refractivity contribution in [1.82, 2.24) is 4.90 Å². The zero-order chi connectivity index (χ0) is 13.4. The van der Waals surface area contributed by atoms with Crippen molar-refractivity contribution in [3.8, 4) is 0 Å². The average Bonchev–Trinajstić information content (AvgIpc) is 2.38. The minimum Gasteiger partial charge on any atom is -0.330 e. The Hall–Kier alpha value is -0.860. The van der Waals surface area contributed by atoms with Crippen molar-refractivity contribution < 1.29 is 0 Å². The van der Waals surface area contributed by atoms with Gasteiger partial charge >= 0.3 is 0 Å². The van der Waals surface area contributed by atoms with E-state index in [1.54, 1.807) is 0 Å². The summed E-state index contributed by atoms with van der Waals surface area (Å²) < 4.78 is 0. The summed E-state index contributed by atoms with van der Waals surface area (Å²) >= 11 is 0. The van der Waals surface area contributed by atoms with Gasteiger partial charge in [0, 0.05) is 6.54 Å². The molecule has 0 spiro atoms. The molecule has 102 valence electrons. The minimum absolute atomic E-state index is 0.624. The van der Waals surface area contributed by atoms with E-state index >= 15 is 0 Å². The van der Waals surface area contributed by atoms with E-state index < -0.39 is 0 Å². The van der Waals surface area contributed by atoms with E-state index in [1.807, 2.05) is 0 Å². The fourth-order valence-electron chi connectivity index (χ4n) is 2.05. The van der Waals surface area contributed by atoms with Crippen LogP contribution in [0.15, 0.2) is 24.3 Å². The summed E-state index contributed by atoms with van der Waals surface area (Å²) in [7, 11) is 2.18. The lowest BCUT2D eigenvalue weighted by atomic mass is 10.1. The predicted molar refractivity (Wildman–Crippen MR) is 79.6 cm³/mol. The quantitative estimate of drug-likeness (QED) is 0.766. The Balaban J connectivity index is 2.37. The summed E-state index contributed by atoms with van der Waals surface area (Å²) in [6.07, 6.45) is 3.58. The molecule has 2 nitrogen and oxygen atoms in total. The zero-order valence-corrected chi connectivity index (χ0v) is 12.2. The smallest absolute Gasteiger partial charge is 0.0230 e. The first-order valence-corrected chi connectivity index (χ1v) is 7.12. The van der Waals surface area contributed by atoms with Gasteiger partial charge in [-0.05, 0) is 50.0 Å². The van der Waals surface area contributed by atoms with E-state index in [1.165, 1.54) is 30.4 Å². The van der Waals surface area contributed by atoms with Gasteiger partial charge in [-0.1, -0.05) is 44.5 Å².